The molecule has 1 aromatic carbocycles. The summed E-state index contributed by atoms with van der Waals surface area (Å²) in [6.45, 7) is 0.121. The Morgan fingerprint density at radius 3 is 2.57 bits per heavy atom. The first kappa shape index (κ1) is 20.0. The van der Waals surface area contributed by atoms with Gasteiger partial charge in [0.2, 0.25) is 5.88 Å². The van der Waals surface area contributed by atoms with Crippen LogP contribution < -0.4 is 9.47 Å². The number of aromatic nitrogens is 1. The number of aliphatic carboxylic acids is 1. The highest BCUT2D eigenvalue weighted by molar-refractivity contribution is 5.69. The van der Waals surface area contributed by atoms with E-state index < -0.39 is 23.4 Å². The molecule has 1 saturated carbocycles. The van der Waals surface area contributed by atoms with E-state index in [4.69, 9.17) is 14.6 Å². The van der Waals surface area contributed by atoms with Crippen molar-refractivity contribution in [3.05, 3.63) is 42.1 Å². The number of benzene rings is 1. The summed E-state index contributed by atoms with van der Waals surface area (Å²) in [4.78, 5) is 14.7. The molecule has 28 heavy (non-hydrogen) atoms. The quantitative estimate of drug-likeness (QED) is 0.579. The maximum absolute atomic E-state index is 14.4. The maximum Gasteiger partial charge on any atom is 0.303 e. The van der Waals surface area contributed by atoms with Gasteiger partial charge in [0.1, 0.15) is 6.10 Å². The standard InChI is InChI=1S/C21H23F2NO4/c22-17-12-14(16-8-5-10-24-21(16)28-15-6-4-7-15)13-18(23)20(17)27-11-3-1-2-9-19(25)26/h5,8,10,12-13,15H,1-4,6-7,9,11H2,(H,25,26). The summed E-state index contributed by atoms with van der Waals surface area (Å²) >= 11 is 0. The molecule has 2 aromatic rings. The minimum Gasteiger partial charge on any atom is -0.488 e. The second-order valence-corrected chi connectivity index (χ2v) is 6.85. The number of hydrogen-bond acceptors (Lipinski definition) is 4. The fraction of sp³-hybridized carbons (Fsp3) is 0.429. The number of ether oxygens (including phenoxy) is 2. The van der Waals surface area contributed by atoms with Gasteiger partial charge in [0.25, 0.3) is 0 Å². The lowest BCUT2D eigenvalue weighted by atomic mass is 9.96. The van der Waals surface area contributed by atoms with E-state index in [-0.39, 0.29) is 19.1 Å². The van der Waals surface area contributed by atoms with Gasteiger partial charge in [-0.1, -0.05) is 0 Å². The van der Waals surface area contributed by atoms with Crippen molar-refractivity contribution in [2.24, 2.45) is 0 Å². The highest BCUT2D eigenvalue weighted by Gasteiger charge is 2.22. The first-order valence-corrected chi connectivity index (χ1v) is 9.50. The predicted molar refractivity (Wildman–Crippen MR) is 99.5 cm³/mol. The van der Waals surface area contributed by atoms with Crippen LogP contribution >= 0.6 is 0 Å². The van der Waals surface area contributed by atoms with Gasteiger partial charge in [-0.25, -0.2) is 13.8 Å². The molecule has 3 rings (SSSR count). The lowest BCUT2D eigenvalue weighted by Gasteiger charge is -2.26. The monoisotopic (exact) mass is 391 g/mol. The molecule has 0 unspecified atom stereocenters. The Hall–Kier alpha value is -2.70. The van der Waals surface area contributed by atoms with E-state index in [0.29, 0.717) is 36.3 Å². The van der Waals surface area contributed by atoms with Crippen LogP contribution in [0.15, 0.2) is 30.5 Å². The predicted octanol–water partition coefficient (Wildman–Crippen LogP) is 4.98. The molecule has 150 valence electrons. The lowest BCUT2D eigenvalue weighted by molar-refractivity contribution is -0.137. The van der Waals surface area contributed by atoms with Crippen LogP contribution in [-0.4, -0.2) is 28.8 Å². The molecule has 0 aliphatic heterocycles. The molecule has 1 heterocycles. The molecule has 1 aliphatic rings. The van der Waals surface area contributed by atoms with E-state index in [2.05, 4.69) is 4.98 Å². The molecule has 0 amide bonds. The number of nitrogens with zero attached hydrogens (tertiary/aromatic N) is 1. The van der Waals surface area contributed by atoms with Crippen LogP contribution in [0.1, 0.15) is 44.9 Å². The summed E-state index contributed by atoms with van der Waals surface area (Å²) in [5, 5.41) is 8.58. The minimum absolute atomic E-state index is 0.0772. The smallest absolute Gasteiger partial charge is 0.303 e. The number of carboxylic acid groups (broad SMARTS) is 1. The van der Waals surface area contributed by atoms with Gasteiger partial charge in [0, 0.05) is 18.2 Å². The van der Waals surface area contributed by atoms with Gasteiger partial charge in [-0.15, -0.1) is 0 Å². The Balaban J connectivity index is 1.66. The zero-order chi connectivity index (χ0) is 19.9. The van der Waals surface area contributed by atoms with E-state index >= 15 is 0 Å². The minimum atomic E-state index is -0.857. The molecule has 0 atom stereocenters. The van der Waals surface area contributed by atoms with Gasteiger partial charge < -0.3 is 14.6 Å². The SMILES string of the molecule is O=C(O)CCCCCOc1c(F)cc(-c2cccnc2OC2CCC2)cc1F. The average Bonchev–Trinajstić information content (AvgIpc) is 2.62. The number of carbonyl (C=O) groups is 1. The maximum atomic E-state index is 14.4. The molecule has 7 heteroatoms. The van der Waals surface area contributed by atoms with Gasteiger partial charge in [-0.2, -0.15) is 0 Å². The van der Waals surface area contributed by atoms with E-state index in [9.17, 15) is 13.6 Å². The van der Waals surface area contributed by atoms with Crippen LogP contribution in [0.25, 0.3) is 11.1 Å². The second-order valence-electron chi connectivity index (χ2n) is 6.85. The van der Waals surface area contributed by atoms with Crippen molar-refractivity contribution in [2.45, 2.75) is 51.0 Å². The molecule has 0 spiro atoms. The van der Waals surface area contributed by atoms with Crippen molar-refractivity contribution >= 4 is 5.97 Å². The number of pyridine rings is 1. The van der Waals surface area contributed by atoms with Gasteiger partial charge in [-0.3, -0.25) is 4.79 Å². The van der Waals surface area contributed by atoms with Crippen molar-refractivity contribution in [1.82, 2.24) is 4.98 Å². The van der Waals surface area contributed by atoms with Crippen molar-refractivity contribution < 1.29 is 28.2 Å². The van der Waals surface area contributed by atoms with Crippen LogP contribution in [0.4, 0.5) is 8.78 Å². The van der Waals surface area contributed by atoms with Gasteiger partial charge in [-0.05, 0) is 68.4 Å². The summed E-state index contributed by atoms with van der Waals surface area (Å²) in [5.41, 5.74) is 0.874. The molecule has 0 bridgehead atoms. The Bertz CT molecular complexity index is 801. The van der Waals surface area contributed by atoms with Crippen molar-refractivity contribution in [2.75, 3.05) is 6.61 Å². The van der Waals surface area contributed by atoms with Crippen molar-refractivity contribution in [1.29, 1.82) is 0 Å². The number of unbranched alkanes of at least 4 members (excludes halogenated alkanes) is 2. The molecule has 1 aliphatic carbocycles. The van der Waals surface area contributed by atoms with Gasteiger partial charge in [0.05, 0.1) is 6.61 Å². The average molecular weight is 391 g/mol. The number of rotatable bonds is 10. The fourth-order valence-corrected chi connectivity index (χ4v) is 2.93. The van der Waals surface area contributed by atoms with Crippen LogP contribution in [0, 0.1) is 11.6 Å². The van der Waals surface area contributed by atoms with E-state index in [1.54, 1.807) is 18.3 Å². The first-order valence-electron chi connectivity index (χ1n) is 9.50. The topological polar surface area (TPSA) is 68.7 Å². The van der Waals surface area contributed by atoms with Gasteiger partial charge in [0.15, 0.2) is 17.4 Å². The third-order valence-corrected chi connectivity index (χ3v) is 4.69. The molecule has 0 saturated heterocycles. The number of carboxylic acids is 1. The van der Waals surface area contributed by atoms with Crippen LogP contribution in [0.3, 0.4) is 0 Å². The zero-order valence-corrected chi connectivity index (χ0v) is 15.5. The molecule has 1 aromatic heterocycles. The van der Waals surface area contributed by atoms with Crippen LogP contribution in [-0.2, 0) is 4.79 Å². The number of halogens is 2. The largest absolute Gasteiger partial charge is 0.488 e. The summed E-state index contributed by atoms with van der Waals surface area (Å²) in [5.74, 6) is -2.49. The Morgan fingerprint density at radius 2 is 1.93 bits per heavy atom. The highest BCUT2D eigenvalue weighted by atomic mass is 19.1. The van der Waals surface area contributed by atoms with E-state index in [1.807, 2.05) is 0 Å². The Morgan fingerprint density at radius 1 is 1.18 bits per heavy atom. The summed E-state index contributed by atoms with van der Waals surface area (Å²) in [6, 6.07) is 5.85. The fourth-order valence-electron chi connectivity index (χ4n) is 2.93. The van der Waals surface area contributed by atoms with Crippen LogP contribution in [0.5, 0.6) is 11.6 Å². The van der Waals surface area contributed by atoms with Crippen molar-refractivity contribution in [3.63, 3.8) is 0 Å². The second kappa shape index (κ2) is 9.48. The van der Waals surface area contributed by atoms with E-state index in [1.165, 1.54) is 12.1 Å². The first-order chi connectivity index (χ1) is 13.5. The summed E-state index contributed by atoms with van der Waals surface area (Å²) < 4.78 is 40.0. The third kappa shape index (κ3) is 5.18. The normalized spacial score (nSPS) is 13.8. The molecular weight excluding hydrogens is 368 g/mol. The van der Waals surface area contributed by atoms with E-state index in [0.717, 1.165) is 19.3 Å². The Labute approximate surface area is 162 Å². The van der Waals surface area contributed by atoms with Crippen molar-refractivity contribution in [3.8, 4) is 22.8 Å². The molecule has 1 fully saturated rings. The van der Waals surface area contributed by atoms with Crippen LogP contribution in [0.2, 0.25) is 0 Å². The highest BCUT2D eigenvalue weighted by Crippen LogP contribution is 2.35. The summed E-state index contributed by atoms with van der Waals surface area (Å²) in [6.07, 6.45) is 6.44. The third-order valence-electron chi connectivity index (χ3n) is 4.69. The molecular formula is C21H23F2NO4. The number of hydrogen-bond donors (Lipinski definition) is 1. The zero-order valence-electron chi connectivity index (χ0n) is 15.5. The molecule has 1 N–H and O–H groups in total. The van der Waals surface area contributed by atoms with Gasteiger partial charge >= 0.3 is 5.97 Å². The summed E-state index contributed by atoms with van der Waals surface area (Å²) in [7, 11) is 0. The lowest BCUT2D eigenvalue weighted by Crippen LogP contribution is -2.25. The Kier molecular flexibility index (Phi) is 6.79. The molecule has 5 nitrogen and oxygen atoms in total. The molecule has 0 radical (unpaired) electrons.